The molecule has 1 saturated heterocycles. The summed E-state index contributed by atoms with van der Waals surface area (Å²) in [5.74, 6) is -1.17. The summed E-state index contributed by atoms with van der Waals surface area (Å²) in [5, 5.41) is 2.40. The van der Waals surface area contributed by atoms with Crippen molar-refractivity contribution >= 4 is 25.3 Å². The lowest BCUT2D eigenvalue weighted by molar-refractivity contribution is -0.151. The number of anilines is 1. The van der Waals surface area contributed by atoms with E-state index >= 15 is 0 Å². The normalized spacial score (nSPS) is 23.2. The molecule has 0 spiro atoms. The standard InChI is InChI=1S/C17H28N5O8P/c1-10(2)30-16(24)11(3)20-15(23)13(18)8-29-31(26)9-27-12(7-28-31)6-22-5-4-14(19)21-17(22)25/h4-5,10-13H,6-9,18H2,1-3H3,(H,20,23)(H2,19,21,25)/t11-,12-,13-,31?/m0/s1. The van der Waals surface area contributed by atoms with Crippen molar-refractivity contribution in [3.63, 3.8) is 0 Å². The van der Waals surface area contributed by atoms with Crippen LogP contribution in [0.25, 0.3) is 0 Å². The number of nitrogen functional groups attached to an aromatic ring is 1. The van der Waals surface area contributed by atoms with Crippen LogP contribution in [0.5, 0.6) is 0 Å². The van der Waals surface area contributed by atoms with Gasteiger partial charge in [-0.2, -0.15) is 4.98 Å². The molecule has 2 heterocycles. The van der Waals surface area contributed by atoms with Gasteiger partial charge in [0.2, 0.25) is 5.91 Å². The number of hydrogen-bond donors (Lipinski definition) is 3. The first-order valence-electron chi connectivity index (χ1n) is 9.58. The molecule has 1 aliphatic heterocycles. The van der Waals surface area contributed by atoms with Crippen molar-refractivity contribution in [2.24, 2.45) is 5.73 Å². The van der Waals surface area contributed by atoms with Crippen LogP contribution in [0.2, 0.25) is 0 Å². The number of carbonyl (C=O) groups excluding carboxylic acids is 2. The molecule has 13 nitrogen and oxygen atoms in total. The number of aromatic nitrogens is 2. The number of hydrogen-bond acceptors (Lipinski definition) is 11. The van der Waals surface area contributed by atoms with Crippen LogP contribution >= 0.6 is 7.60 Å². The summed E-state index contributed by atoms with van der Waals surface area (Å²) < 4.78 is 34.8. The maximum Gasteiger partial charge on any atom is 0.356 e. The molecule has 1 unspecified atom stereocenters. The lowest BCUT2D eigenvalue weighted by Crippen LogP contribution is -2.49. The molecule has 5 N–H and O–H groups in total. The fourth-order valence-electron chi connectivity index (χ4n) is 2.44. The number of nitrogens with one attached hydrogen (secondary N) is 1. The summed E-state index contributed by atoms with van der Waals surface area (Å²) in [5.41, 5.74) is 10.6. The first-order valence-corrected chi connectivity index (χ1v) is 11.3. The summed E-state index contributed by atoms with van der Waals surface area (Å²) in [4.78, 5) is 39.2. The molecule has 2 rings (SSSR count). The number of amides is 1. The fourth-order valence-corrected chi connectivity index (χ4v) is 3.84. The van der Waals surface area contributed by atoms with E-state index in [0.29, 0.717) is 0 Å². The largest absolute Gasteiger partial charge is 0.461 e. The second kappa shape index (κ2) is 10.8. The molecule has 1 amide bonds. The smallest absolute Gasteiger partial charge is 0.356 e. The van der Waals surface area contributed by atoms with Crippen LogP contribution in [-0.2, 0) is 39.2 Å². The molecule has 1 fully saturated rings. The van der Waals surface area contributed by atoms with Gasteiger partial charge in [0.05, 0.1) is 25.9 Å². The van der Waals surface area contributed by atoms with E-state index in [0.717, 1.165) is 0 Å². The molecular weight excluding hydrogens is 433 g/mol. The Morgan fingerprint density at radius 2 is 2.13 bits per heavy atom. The Morgan fingerprint density at radius 1 is 1.42 bits per heavy atom. The third kappa shape index (κ3) is 7.71. The highest BCUT2D eigenvalue weighted by molar-refractivity contribution is 7.53. The van der Waals surface area contributed by atoms with Gasteiger partial charge in [-0.05, 0) is 26.8 Å². The van der Waals surface area contributed by atoms with E-state index in [-0.39, 0.29) is 31.4 Å². The van der Waals surface area contributed by atoms with Crippen molar-refractivity contribution < 1.29 is 32.7 Å². The van der Waals surface area contributed by atoms with Gasteiger partial charge in [0, 0.05) is 6.20 Å². The maximum absolute atomic E-state index is 12.6. The van der Waals surface area contributed by atoms with Crippen LogP contribution in [0.4, 0.5) is 5.82 Å². The van der Waals surface area contributed by atoms with E-state index in [1.165, 1.54) is 23.8 Å². The predicted molar refractivity (Wildman–Crippen MR) is 109 cm³/mol. The molecule has 4 atom stereocenters. The molecule has 1 aliphatic rings. The summed E-state index contributed by atoms with van der Waals surface area (Å²) >= 11 is 0. The molecule has 0 bridgehead atoms. The zero-order valence-electron chi connectivity index (χ0n) is 17.6. The Hall–Kier alpha value is -2.31. The van der Waals surface area contributed by atoms with Gasteiger partial charge in [-0.25, -0.2) is 9.59 Å². The first-order chi connectivity index (χ1) is 14.5. The summed E-state index contributed by atoms with van der Waals surface area (Å²) in [6.45, 7) is 4.44. The highest BCUT2D eigenvalue weighted by Crippen LogP contribution is 2.50. The maximum atomic E-state index is 12.6. The minimum Gasteiger partial charge on any atom is -0.461 e. The molecule has 0 radical (unpaired) electrons. The van der Waals surface area contributed by atoms with Gasteiger partial charge in [-0.15, -0.1) is 0 Å². The van der Waals surface area contributed by atoms with Gasteiger partial charge >= 0.3 is 19.3 Å². The van der Waals surface area contributed by atoms with E-state index in [1.807, 2.05) is 0 Å². The molecule has 0 saturated carbocycles. The molecule has 0 aromatic carbocycles. The SMILES string of the molecule is CC(C)OC(=O)[C@H](C)NC(=O)[C@@H](N)COP1(=O)CO[C@@H](Cn2ccc(N)nc2=O)CO1. The van der Waals surface area contributed by atoms with E-state index in [9.17, 15) is 18.9 Å². The predicted octanol–water partition coefficient (Wildman–Crippen LogP) is -0.808. The second-order valence-electron chi connectivity index (χ2n) is 7.23. The highest BCUT2D eigenvalue weighted by atomic mass is 31.2. The van der Waals surface area contributed by atoms with Crippen LogP contribution < -0.4 is 22.5 Å². The van der Waals surface area contributed by atoms with Gasteiger partial charge in [-0.1, -0.05) is 0 Å². The zero-order valence-corrected chi connectivity index (χ0v) is 18.4. The average Bonchev–Trinajstić information content (AvgIpc) is 2.69. The van der Waals surface area contributed by atoms with Gasteiger partial charge in [0.1, 0.15) is 30.4 Å². The minimum absolute atomic E-state index is 0.103. The Labute approximate surface area is 178 Å². The van der Waals surface area contributed by atoms with Gasteiger partial charge in [0.15, 0.2) is 0 Å². The lowest BCUT2D eigenvalue weighted by atomic mass is 10.2. The highest BCUT2D eigenvalue weighted by Gasteiger charge is 2.35. The fraction of sp³-hybridized carbons (Fsp3) is 0.647. The van der Waals surface area contributed by atoms with Crippen LogP contribution in [0, 0.1) is 0 Å². The van der Waals surface area contributed by atoms with Crippen molar-refractivity contribution in [3.05, 3.63) is 22.7 Å². The zero-order chi connectivity index (χ0) is 23.2. The van der Waals surface area contributed by atoms with Crippen LogP contribution in [-0.4, -0.2) is 65.3 Å². The van der Waals surface area contributed by atoms with Gasteiger partial charge < -0.3 is 35.3 Å². The van der Waals surface area contributed by atoms with Gasteiger partial charge in [-0.3, -0.25) is 13.9 Å². The Morgan fingerprint density at radius 3 is 2.71 bits per heavy atom. The molecule has 1 aromatic rings. The van der Waals surface area contributed by atoms with Crippen molar-refractivity contribution in [2.45, 2.75) is 51.6 Å². The number of esters is 1. The van der Waals surface area contributed by atoms with E-state index in [1.54, 1.807) is 13.8 Å². The second-order valence-corrected chi connectivity index (χ2v) is 9.23. The minimum atomic E-state index is -3.64. The van der Waals surface area contributed by atoms with Crippen molar-refractivity contribution in [1.82, 2.24) is 14.9 Å². The number of nitrogens with zero attached hydrogens (tertiary/aromatic N) is 2. The first kappa shape index (κ1) is 25.0. The Kier molecular flexibility index (Phi) is 8.71. The van der Waals surface area contributed by atoms with Gasteiger partial charge in [0.25, 0.3) is 0 Å². The van der Waals surface area contributed by atoms with Crippen molar-refractivity contribution in [2.75, 3.05) is 25.3 Å². The quantitative estimate of drug-likeness (QED) is 0.308. The number of carbonyl (C=O) groups is 2. The van der Waals surface area contributed by atoms with Crippen molar-refractivity contribution in [1.29, 1.82) is 0 Å². The summed E-state index contributed by atoms with van der Waals surface area (Å²) in [7, 11) is -3.64. The number of ether oxygens (including phenoxy) is 2. The summed E-state index contributed by atoms with van der Waals surface area (Å²) in [6, 6.07) is -0.631. The van der Waals surface area contributed by atoms with Crippen LogP contribution in [0.15, 0.2) is 17.1 Å². The molecule has 14 heteroatoms. The monoisotopic (exact) mass is 461 g/mol. The summed E-state index contributed by atoms with van der Waals surface area (Å²) in [6.07, 6.45) is 0.212. The average molecular weight is 461 g/mol. The topological polar surface area (TPSA) is 187 Å². The number of nitrogens with two attached hydrogens (primary N) is 2. The third-order valence-corrected chi connectivity index (χ3v) is 5.62. The van der Waals surface area contributed by atoms with Crippen LogP contribution in [0.3, 0.4) is 0 Å². The van der Waals surface area contributed by atoms with Crippen molar-refractivity contribution in [3.8, 4) is 0 Å². The lowest BCUT2D eigenvalue weighted by Gasteiger charge is -2.29. The molecule has 31 heavy (non-hydrogen) atoms. The molecule has 0 aliphatic carbocycles. The van der Waals surface area contributed by atoms with E-state index < -0.39 is 50.0 Å². The van der Waals surface area contributed by atoms with E-state index in [4.69, 9.17) is 30.0 Å². The molecule has 174 valence electrons. The van der Waals surface area contributed by atoms with Crippen LogP contribution in [0.1, 0.15) is 20.8 Å². The molecular formula is C17H28N5O8P. The third-order valence-electron chi connectivity index (χ3n) is 4.07. The Balaban J connectivity index is 1.78. The molecule has 1 aromatic heterocycles. The number of rotatable bonds is 9. The van der Waals surface area contributed by atoms with E-state index in [2.05, 4.69) is 10.3 Å². The Bertz CT molecular complexity index is 880.